The van der Waals surface area contributed by atoms with Crippen LogP contribution in [0.5, 0.6) is 5.88 Å². The molecule has 2 heterocycles. The van der Waals surface area contributed by atoms with Crippen molar-refractivity contribution in [3.63, 3.8) is 0 Å². The molecule has 0 amide bonds. The minimum atomic E-state index is 0.610. The molecule has 5 nitrogen and oxygen atoms in total. The molecule has 0 saturated carbocycles. The summed E-state index contributed by atoms with van der Waals surface area (Å²) in [5.74, 6) is 2.86. The fraction of sp³-hybridized carbons (Fsp3) is 0.733. The molecule has 1 aliphatic heterocycles. The Bertz CT molecular complexity index is 418. The van der Waals surface area contributed by atoms with Gasteiger partial charge >= 0.3 is 0 Å². The van der Waals surface area contributed by atoms with Gasteiger partial charge in [-0.2, -0.15) is 4.98 Å². The van der Waals surface area contributed by atoms with Crippen molar-refractivity contribution < 1.29 is 4.74 Å². The van der Waals surface area contributed by atoms with Gasteiger partial charge in [0.2, 0.25) is 5.88 Å². The minimum absolute atomic E-state index is 0.610. The molecular weight excluding hydrogens is 252 g/mol. The van der Waals surface area contributed by atoms with Crippen molar-refractivity contribution in [1.82, 2.24) is 14.9 Å². The first-order valence-corrected chi connectivity index (χ1v) is 7.62. The van der Waals surface area contributed by atoms with E-state index in [4.69, 9.17) is 4.74 Å². The third kappa shape index (κ3) is 4.63. The Hall–Kier alpha value is -1.36. The lowest BCUT2D eigenvalue weighted by Gasteiger charge is -2.20. The summed E-state index contributed by atoms with van der Waals surface area (Å²) in [6.45, 7) is 11.4. The first kappa shape index (κ1) is 15.0. The highest BCUT2D eigenvalue weighted by Crippen LogP contribution is 2.15. The third-order valence-corrected chi connectivity index (χ3v) is 3.51. The summed E-state index contributed by atoms with van der Waals surface area (Å²) in [6, 6.07) is 1.87. The van der Waals surface area contributed by atoms with Crippen LogP contribution in [0.3, 0.4) is 0 Å². The van der Waals surface area contributed by atoms with E-state index in [-0.39, 0.29) is 0 Å². The van der Waals surface area contributed by atoms with E-state index in [2.05, 4.69) is 27.1 Å². The highest BCUT2D eigenvalue weighted by atomic mass is 16.5. The van der Waals surface area contributed by atoms with E-state index in [9.17, 15) is 0 Å². The molecule has 1 unspecified atom stereocenters. The molecule has 20 heavy (non-hydrogen) atoms. The second-order valence-electron chi connectivity index (χ2n) is 5.57. The minimum Gasteiger partial charge on any atom is -0.478 e. The lowest BCUT2D eigenvalue weighted by molar-refractivity contribution is 0.294. The topological polar surface area (TPSA) is 50.3 Å². The monoisotopic (exact) mass is 278 g/mol. The smallest absolute Gasteiger partial charge is 0.218 e. The van der Waals surface area contributed by atoms with Crippen LogP contribution < -0.4 is 10.1 Å². The molecule has 1 fully saturated rings. The number of nitrogens with one attached hydrogen (secondary N) is 1. The number of aromatic nitrogens is 2. The van der Waals surface area contributed by atoms with Crippen molar-refractivity contribution in [2.75, 3.05) is 38.1 Å². The Balaban J connectivity index is 1.82. The maximum atomic E-state index is 5.44. The van der Waals surface area contributed by atoms with Gasteiger partial charge in [0.15, 0.2) is 0 Å². The van der Waals surface area contributed by atoms with Crippen molar-refractivity contribution in [3.05, 3.63) is 11.9 Å². The van der Waals surface area contributed by atoms with Crippen LogP contribution in [-0.2, 0) is 0 Å². The predicted molar refractivity (Wildman–Crippen MR) is 81.3 cm³/mol. The van der Waals surface area contributed by atoms with Gasteiger partial charge in [0, 0.05) is 19.2 Å². The van der Waals surface area contributed by atoms with Crippen LogP contribution in [0, 0.1) is 12.8 Å². The number of likely N-dealkylation sites (tertiary alicyclic amines) is 1. The Labute approximate surface area is 121 Å². The molecule has 1 aliphatic rings. The van der Waals surface area contributed by atoms with Gasteiger partial charge in [-0.1, -0.05) is 6.92 Å². The summed E-state index contributed by atoms with van der Waals surface area (Å²) in [4.78, 5) is 11.2. The molecular formula is C15H26N4O. The summed E-state index contributed by atoms with van der Waals surface area (Å²) in [5, 5.41) is 3.40. The third-order valence-electron chi connectivity index (χ3n) is 3.51. The van der Waals surface area contributed by atoms with E-state index < -0.39 is 0 Å². The molecule has 1 aromatic rings. The van der Waals surface area contributed by atoms with Crippen LogP contribution in [-0.4, -0.2) is 47.7 Å². The summed E-state index contributed by atoms with van der Waals surface area (Å²) < 4.78 is 5.44. The number of nitrogens with zero attached hydrogens (tertiary/aromatic N) is 3. The maximum absolute atomic E-state index is 5.44. The number of anilines is 1. The summed E-state index contributed by atoms with van der Waals surface area (Å²) in [7, 11) is 0. The first-order valence-electron chi connectivity index (χ1n) is 7.62. The summed E-state index contributed by atoms with van der Waals surface area (Å²) in [6.07, 6.45) is 2.70. The van der Waals surface area contributed by atoms with Gasteiger partial charge in [0.25, 0.3) is 0 Å². The largest absolute Gasteiger partial charge is 0.478 e. The van der Waals surface area contributed by atoms with E-state index in [1.807, 2.05) is 19.9 Å². The highest BCUT2D eigenvalue weighted by Gasteiger charge is 2.14. The van der Waals surface area contributed by atoms with E-state index in [1.54, 1.807) is 0 Å². The average molecular weight is 278 g/mol. The molecule has 1 saturated heterocycles. The van der Waals surface area contributed by atoms with Crippen LogP contribution in [0.2, 0.25) is 0 Å². The van der Waals surface area contributed by atoms with Crippen LogP contribution in [0.1, 0.15) is 32.5 Å². The number of hydrogen-bond donors (Lipinski definition) is 1. The van der Waals surface area contributed by atoms with Crippen LogP contribution in [0.25, 0.3) is 0 Å². The zero-order valence-corrected chi connectivity index (χ0v) is 12.9. The second kappa shape index (κ2) is 7.43. The van der Waals surface area contributed by atoms with Gasteiger partial charge in [-0.05, 0) is 45.7 Å². The van der Waals surface area contributed by atoms with Crippen LogP contribution in [0.15, 0.2) is 6.07 Å². The quantitative estimate of drug-likeness (QED) is 0.829. The lowest BCUT2D eigenvalue weighted by atomic mass is 10.1. The molecule has 1 N–H and O–H groups in total. The van der Waals surface area contributed by atoms with E-state index in [1.165, 1.54) is 25.9 Å². The maximum Gasteiger partial charge on any atom is 0.218 e. The van der Waals surface area contributed by atoms with Gasteiger partial charge in [0.05, 0.1) is 6.61 Å². The molecule has 0 spiro atoms. The molecule has 2 rings (SSSR count). The average Bonchev–Trinajstić information content (AvgIpc) is 2.89. The molecule has 5 heteroatoms. The Morgan fingerprint density at radius 2 is 2.10 bits per heavy atom. The van der Waals surface area contributed by atoms with Crippen molar-refractivity contribution in [3.8, 4) is 5.88 Å². The van der Waals surface area contributed by atoms with Crippen molar-refractivity contribution in [2.45, 2.75) is 33.6 Å². The number of ether oxygens (including phenoxy) is 1. The highest BCUT2D eigenvalue weighted by molar-refractivity contribution is 5.38. The Kier molecular flexibility index (Phi) is 5.59. The fourth-order valence-electron chi connectivity index (χ4n) is 2.60. The van der Waals surface area contributed by atoms with Gasteiger partial charge in [0.1, 0.15) is 11.6 Å². The van der Waals surface area contributed by atoms with Crippen molar-refractivity contribution in [1.29, 1.82) is 0 Å². The molecule has 0 bridgehead atoms. The van der Waals surface area contributed by atoms with Gasteiger partial charge in [-0.3, -0.25) is 0 Å². The van der Waals surface area contributed by atoms with Gasteiger partial charge in [-0.15, -0.1) is 0 Å². The van der Waals surface area contributed by atoms with Gasteiger partial charge < -0.3 is 15.0 Å². The zero-order chi connectivity index (χ0) is 14.4. The predicted octanol–water partition coefficient (Wildman–Crippen LogP) is 2.33. The molecule has 0 aromatic carbocycles. The normalized spacial score (nSPS) is 17.1. The SMILES string of the molecule is CCOc1cc(NCC(C)CN2CCCC2)nc(C)n1. The Morgan fingerprint density at radius 3 is 2.80 bits per heavy atom. The van der Waals surface area contributed by atoms with E-state index in [0.717, 1.165) is 24.7 Å². The Morgan fingerprint density at radius 1 is 1.35 bits per heavy atom. The molecule has 0 aliphatic carbocycles. The number of aryl methyl sites for hydroxylation is 1. The molecule has 0 radical (unpaired) electrons. The molecule has 1 atom stereocenters. The number of rotatable bonds is 7. The first-order chi connectivity index (χ1) is 9.67. The summed E-state index contributed by atoms with van der Waals surface area (Å²) >= 11 is 0. The van der Waals surface area contributed by atoms with Crippen LogP contribution in [0.4, 0.5) is 5.82 Å². The van der Waals surface area contributed by atoms with Gasteiger partial charge in [-0.25, -0.2) is 4.98 Å². The standard InChI is InChI=1S/C15H26N4O/c1-4-20-15-9-14(17-13(3)18-15)16-10-12(2)11-19-7-5-6-8-19/h9,12H,4-8,10-11H2,1-3H3,(H,16,17,18). The lowest BCUT2D eigenvalue weighted by Crippen LogP contribution is -2.29. The number of hydrogen-bond acceptors (Lipinski definition) is 5. The van der Waals surface area contributed by atoms with E-state index in [0.29, 0.717) is 18.4 Å². The zero-order valence-electron chi connectivity index (χ0n) is 12.9. The molecule has 112 valence electrons. The molecule has 1 aromatic heterocycles. The van der Waals surface area contributed by atoms with Crippen LogP contribution >= 0.6 is 0 Å². The second-order valence-corrected chi connectivity index (χ2v) is 5.57. The van der Waals surface area contributed by atoms with Crippen molar-refractivity contribution >= 4 is 5.82 Å². The fourth-order valence-corrected chi connectivity index (χ4v) is 2.60. The summed E-state index contributed by atoms with van der Waals surface area (Å²) in [5.41, 5.74) is 0. The van der Waals surface area contributed by atoms with Crippen molar-refractivity contribution in [2.24, 2.45) is 5.92 Å². The van der Waals surface area contributed by atoms with E-state index >= 15 is 0 Å².